The van der Waals surface area contributed by atoms with Gasteiger partial charge in [-0.2, -0.15) is 9.78 Å². The molecule has 1 fully saturated rings. The Labute approximate surface area is 253 Å². The Bertz CT molecular complexity index is 1570. The predicted molar refractivity (Wildman–Crippen MR) is 169 cm³/mol. The molecule has 0 unspecified atom stereocenters. The summed E-state index contributed by atoms with van der Waals surface area (Å²) in [6.45, 7) is 16.6. The highest BCUT2D eigenvalue weighted by atomic mass is 16.5. The predicted octanol–water partition coefficient (Wildman–Crippen LogP) is 5.69. The fourth-order valence-electron chi connectivity index (χ4n) is 4.95. The molecule has 1 amide bonds. The number of carbonyl (C=O) groups excluding carboxylic acids is 1. The number of aromatic nitrogens is 5. The van der Waals surface area contributed by atoms with Gasteiger partial charge < -0.3 is 15.4 Å². The SMILES string of the molecule is Cc1ccc(C(=O)Nc2ccnc(C(C)(C)C)c2)cc1Nc1cc(CN2CCOCC2)nn1-c1cc(CC(C)C)ncn1. The van der Waals surface area contributed by atoms with Gasteiger partial charge in [0.2, 0.25) is 0 Å². The number of aryl methyl sites for hydroxylation is 1. The molecule has 0 spiro atoms. The molecule has 0 bridgehead atoms. The maximum Gasteiger partial charge on any atom is 0.255 e. The number of benzene rings is 1. The summed E-state index contributed by atoms with van der Waals surface area (Å²) < 4.78 is 7.36. The van der Waals surface area contributed by atoms with Crippen LogP contribution in [0, 0.1) is 12.8 Å². The molecule has 1 aromatic carbocycles. The molecule has 3 aromatic heterocycles. The van der Waals surface area contributed by atoms with E-state index in [4.69, 9.17) is 9.84 Å². The highest BCUT2D eigenvalue weighted by Crippen LogP contribution is 2.27. The Kier molecular flexibility index (Phi) is 9.17. The van der Waals surface area contributed by atoms with E-state index in [1.807, 2.05) is 48.0 Å². The summed E-state index contributed by atoms with van der Waals surface area (Å²) in [4.78, 5) is 29.2. The van der Waals surface area contributed by atoms with Gasteiger partial charge in [0.25, 0.3) is 5.91 Å². The summed E-state index contributed by atoms with van der Waals surface area (Å²) in [5, 5.41) is 11.5. The number of ether oxygens (including phenoxy) is 1. The number of hydrogen-bond donors (Lipinski definition) is 2. The summed E-state index contributed by atoms with van der Waals surface area (Å²) in [6.07, 6.45) is 4.18. The molecule has 1 saturated heterocycles. The van der Waals surface area contributed by atoms with Crippen molar-refractivity contribution in [3.8, 4) is 5.82 Å². The second kappa shape index (κ2) is 13.0. The molecule has 226 valence electrons. The number of anilines is 3. The van der Waals surface area contributed by atoms with Gasteiger partial charge in [-0.05, 0) is 49.1 Å². The molecule has 4 heterocycles. The van der Waals surface area contributed by atoms with Crippen LogP contribution in [0.25, 0.3) is 5.82 Å². The molecule has 0 saturated carbocycles. The Balaban J connectivity index is 1.43. The van der Waals surface area contributed by atoms with Crippen LogP contribution in [0.1, 0.15) is 67.6 Å². The zero-order valence-electron chi connectivity index (χ0n) is 26.0. The van der Waals surface area contributed by atoms with E-state index < -0.39 is 0 Å². The van der Waals surface area contributed by atoms with Gasteiger partial charge >= 0.3 is 0 Å². The van der Waals surface area contributed by atoms with E-state index in [1.54, 1.807) is 12.5 Å². The van der Waals surface area contributed by atoms with Crippen molar-refractivity contribution in [3.63, 3.8) is 0 Å². The van der Waals surface area contributed by atoms with Gasteiger partial charge in [-0.3, -0.25) is 14.7 Å². The van der Waals surface area contributed by atoms with Crippen LogP contribution in [-0.4, -0.2) is 61.8 Å². The van der Waals surface area contributed by atoms with Crippen molar-refractivity contribution in [1.82, 2.24) is 29.6 Å². The summed E-state index contributed by atoms with van der Waals surface area (Å²) in [5.41, 5.74) is 5.76. The van der Waals surface area contributed by atoms with E-state index in [9.17, 15) is 4.79 Å². The monoisotopic (exact) mass is 582 g/mol. The number of pyridine rings is 1. The number of amides is 1. The van der Waals surface area contributed by atoms with Crippen LogP contribution in [0.3, 0.4) is 0 Å². The zero-order valence-corrected chi connectivity index (χ0v) is 26.0. The first-order chi connectivity index (χ1) is 20.5. The first kappa shape index (κ1) is 30.3. The topological polar surface area (TPSA) is 110 Å². The van der Waals surface area contributed by atoms with E-state index in [0.717, 1.165) is 66.9 Å². The molecular weight excluding hydrogens is 540 g/mol. The van der Waals surface area contributed by atoms with Crippen LogP contribution in [0.15, 0.2) is 55.0 Å². The van der Waals surface area contributed by atoms with Gasteiger partial charge in [0.1, 0.15) is 12.1 Å². The number of nitrogens with zero attached hydrogens (tertiary/aromatic N) is 6. The third-order valence-corrected chi connectivity index (χ3v) is 7.34. The van der Waals surface area contributed by atoms with Crippen molar-refractivity contribution in [3.05, 3.63) is 83.2 Å². The molecular formula is C33H42N8O2. The van der Waals surface area contributed by atoms with Crippen LogP contribution in [-0.2, 0) is 23.1 Å². The van der Waals surface area contributed by atoms with E-state index in [2.05, 4.69) is 71.2 Å². The summed E-state index contributed by atoms with van der Waals surface area (Å²) in [5.74, 6) is 1.74. The maximum atomic E-state index is 13.3. The molecule has 0 aliphatic carbocycles. The lowest BCUT2D eigenvalue weighted by molar-refractivity contribution is 0.0336. The molecule has 1 aliphatic heterocycles. The molecule has 0 atom stereocenters. The number of rotatable bonds is 9. The van der Waals surface area contributed by atoms with Crippen molar-refractivity contribution in [2.24, 2.45) is 5.92 Å². The van der Waals surface area contributed by atoms with Crippen molar-refractivity contribution >= 4 is 23.1 Å². The highest BCUT2D eigenvalue weighted by molar-refractivity contribution is 6.05. The molecule has 10 nitrogen and oxygen atoms in total. The third kappa shape index (κ3) is 7.82. The molecule has 2 N–H and O–H groups in total. The zero-order chi connectivity index (χ0) is 30.6. The average molecular weight is 583 g/mol. The normalized spacial score (nSPS) is 14.2. The summed E-state index contributed by atoms with van der Waals surface area (Å²) >= 11 is 0. The Morgan fingerprint density at radius 1 is 1.00 bits per heavy atom. The van der Waals surface area contributed by atoms with Crippen molar-refractivity contribution < 1.29 is 9.53 Å². The largest absolute Gasteiger partial charge is 0.379 e. The fraction of sp³-hybridized carbons (Fsp3) is 0.424. The quantitative estimate of drug-likeness (QED) is 0.259. The summed E-state index contributed by atoms with van der Waals surface area (Å²) in [7, 11) is 0. The van der Waals surface area contributed by atoms with Crippen LogP contribution < -0.4 is 10.6 Å². The summed E-state index contributed by atoms with van der Waals surface area (Å²) in [6, 6.07) is 13.4. The number of carbonyl (C=O) groups is 1. The van der Waals surface area contributed by atoms with Gasteiger partial charge in [0.15, 0.2) is 5.82 Å². The van der Waals surface area contributed by atoms with E-state index in [0.29, 0.717) is 29.5 Å². The first-order valence-corrected chi connectivity index (χ1v) is 14.9. The van der Waals surface area contributed by atoms with Gasteiger partial charge in [-0.25, -0.2) is 9.97 Å². The van der Waals surface area contributed by atoms with E-state index >= 15 is 0 Å². The third-order valence-electron chi connectivity index (χ3n) is 7.34. The minimum atomic E-state index is -0.190. The lowest BCUT2D eigenvalue weighted by Crippen LogP contribution is -2.35. The highest BCUT2D eigenvalue weighted by Gasteiger charge is 2.19. The molecule has 10 heteroatoms. The van der Waals surface area contributed by atoms with Crippen molar-refractivity contribution in [2.45, 2.75) is 59.9 Å². The van der Waals surface area contributed by atoms with Crippen LogP contribution >= 0.6 is 0 Å². The first-order valence-electron chi connectivity index (χ1n) is 14.9. The minimum absolute atomic E-state index is 0.121. The molecule has 1 aliphatic rings. The van der Waals surface area contributed by atoms with E-state index in [1.165, 1.54) is 0 Å². The van der Waals surface area contributed by atoms with E-state index in [-0.39, 0.29) is 11.3 Å². The van der Waals surface area contributed by atoms with Crippen LogP contribution in [0.5, 0.6) is 0 Å². The van der Waals surface area contributed by atoms with Crippen molar-refractivity contribution in [2.75, 3.05) is 36.9 Å². The van der Waals surface area contributed by atoms with Gasteiger partial charge in [0, 0.05) is 71.7 Å². The van der Waals surface area contributed by atoms with Gasteiger partial charge in [-0.1, -0.05) is 40.7 Å². The van der Waals surface area contributed by atoms with Crippen LogP contribution in [0.4, 0.5) is 17.2 Å². The molecule has 4 aromatic rings. The Hall–Kier alpha value is -4.15. The fourth-order valence-corrected chi connectivity index (χ4v) is 4.95. The molecule has 0 radical (unpaired) electrons. The second-order valence-electron chi connectivity index (χ2n) is 12.6. The number of hydrogen-bond acceptors (Lipinski definition) is 8. The maximum absolute atomic E-state index is 13.3. The van der Waals surface area contributed by atoms with Gasteiger partial charge in [-0.15, -0.1) is 0 Å². The molecule has 43 heavy (non-hydrogen) atoms. The average Bonchev–Trinajstić information content (AvgIpc) is 3.36. The standard InChI is InChI=1S/C33H42N8O2/c1-22(2)15-26-18-30(36-21-35-26)41-31(19-27(39-41)20-40-11-13-43-14-12-40)38-28-16-24(8-7-23(28)3)32(42)37-25-9-10-34-29(17-25)33(4,5)6/h7-10,16-19,21-22,38H,11-15,20H2,1-6H3,(H,34,37,42). The van der Waals surface area contributed by atoms with Gasteiger partial charge in [0.05, 0.1) is 18.9 Å². The second-order valence-corrected chi connectivity index (χ2v) is 12.6. The van der Waals surface area contributed by atoms with Crippen LogP contribution in [0.2, 0.25) is 0 Å². The number of morpholine rings is 1. The Morgan fingerprint density at radius 3 is 2.53 bits per heavy atom. The Morgan fingerprint density at radius 2 is 1.79 bits per heavy atom. The minimum Gasteiger partial charge on any atom is -0.379 e. The lowest BCUT2D eigenvalue weighted by Gasteiger charge is -2.25. The smallest absolute Gasteiger partial charge is 0.255 e. The number of nitrogens with one attached hydrogen (secondary N) is 2. The van der Waals surface area contributed by atoms with Crippen molar-refractivity contribution in [1.29, 1.82) is 0 Å². The lowest BCUT2D eigenvalue weighted by atomic mass is 9.91. The molecule has 5 rings (SSSR count).